The zero-order valence-corrected chi connectivity index (χ0v) is 12.0. The van der Waals surface area contributed by atoms with Gasteiger partial charge in [-0.25, -0.2) is 4.39 Å². The summed E-state index contributed by atoms with van der Waals surface area (Å²) < 4.78 is 13.8. The Hall–Kier alpha value is -1.62. The van der Waals surface area contributed by atoms with Crippen LogP contribution in [0.4, 0.5) is 4.39 Å². The third kappa shape index (κ3) is 3.28. The van der Waals surface area contributed by atoms with Gasteiger partial charge in [-0.1, -0.05) is 23.4 Å². The van der Waals surface area contributed by atoms with E-state index in [1.807, 2.05) is 26.1 Å². The van der Waals surface area contributed by atoms with Crippen LogP contribution in [-0.4, -0.2) is 29.5 Å². The number of benzene rings is 1. The molecule has 4 nitrogen and oxygen atoms in total. The fraction of sp³-hybridized carbons (Fsp3) is 0.533. The summed E-state index contributed by atoms with van der Waals surface area (Å²) in [6, 6.07) is 6.86. The van der Waals surface area contributed by atoms with Gasteiger partial charge >= 0.3 is 0 Å². The molecule has 1 aromatic carbocycles. The van der Waals surface area contributed by atoms with Crippen molar-refractivity contribution in [2.24, 2.45) is 16.3 Å². The maximum Gasteiger partial charge on any atom is 0.139 e. The van der Waals surface area contributed by atoms with Crippen LogP contribution in [-0.2, 0) is 0 Å². The van der Waals surface area contributed by atoms with Crippen LogP contribution in [0.2, 0.25) is 0 Å². The smallest absolute Gasteiger partial charge is 0.139 e. The lowest BCUT2D eigenvalue weighted by molar-refractivity contribution is 0.207. The van der Waals surface area contributed by atoms with Gasteiger partial charge in [-0.3, -0.25) is 4.90 Å². The predicted molar refractivity (Wildman–Crippen MR) is 77.1 cm³/mol. The minimum Gasteiger partial charge on any atom is -0.409 e. The van der Waals surface area contributed by atoms with Gasteiger partial charge in [0, 0.05) is 24.6 Å². The van der Waals surface area contributed by atoms with Crippen molar-refractivity contribution in [1.82, 2.24) is 4.90 Å². The molecule has 1 saturated carbocycles. The normalized spacial score (nSPS) is 19.1. The first kappa shape index (κ1) is 14.8. The first-order chi connectivity index (χ1) is 9.47. The summed E-state index contributed by atoms with van der Waals surface area (Å²) in [5.41, 5.74) is 6.40. The SMILES string of the molecule is CC(c1ccccc1F)N(C)CC1(CC(N)=NO)CC1. The zero-order valence-electron chi connectivity index (χ0n) is 12.0. The van der Waals surface area contributed by atoms with E-state index in [-0.39, 0.29) is 23.1 Å². The Morgan fingerprint density at radius 2 is 2.15 bits per heavy atom. The maximum atomic E-state index is 13.8. The molecule has 20 heavy (non-hydrogen) atoms. The first-order valence-electron chi connectivity index (χ1n) is 6.88. The first-order valence-corrected chi connectivity index (χ1v) is 6.88. The van der Waals surface area contributed by atoms with Crippen LogP contribution < -0.4 is 5.73 Å². The molecule has 1 aromatic rings. The molecule has 1 aliphatic carbocycles. The third-order valence-corrected chi connectivity index (χ3v) is 4.24. The van der Waals surface area contributed by atoms with Gasteiger partial charge < -0.3 is 10.9 Å². The quantitative estimate of drug-likeness (QED) is 0.364. The number of hydrogen-bond acceptors (Lipinski definition) is 3. The monoisotopic (exact) mass is 279 g/mol. The Balaban J connectivity index is 2.02. The Morgan fingerprint density at radius 1 is 1.50 bits per heavy atom. The highest BCUT2D eigenvalue weighted by atomic mass is 19.1. The number of amidine groups is 1. The fourth-order valence-electron chi connectivity index (χ4n) is 2.70. The highest BCUT2D eigenvalue weighted by molar-refractivity contribution is 5.80. The summed E-state index contributed by atoms with van der Waals surface area (Å²) in [5.74, 6) is 0.0996. The van der Waals surface area contributed by atoms with Gasteiger partial charge in [-0.05, 0) is 38.3 Å². The molecule has 0 saturated heterocycles. The molecule has 0 amide bonds. The summed E-state index contributed by atoms with van der Waals surface area (Å²) >= 11 is 0. The molecule has 0 spiro atoms. The molecule has 2 rings (SSSR count). The summed E-state index contributed by atoms with van der Waals surface area (Å²) in [4.78, 5) is 2.13. The van der Waals surface area contributed by atoms with Crippen LogP contribution in [0.15, 0.2) is 29.4 Å². The van der Waals surface area contributed by atoms with E-state index in [1.165, 1.54) is 6.07 Å². The summed E-state index contributed by atoms with van der Waals surface area (Å²) in [6.45, 7) is 2.82. The highest BCUT2D eigenvalue weighted by Gasteiger charge is 2.44. The Kier molecular flexibility index (Phi) is 4.28. The van der Waals surface area contributed by atoms with Crippen molar-refractivity contribution in [1.29, 1.82) is 0 Å². The Bertz CT molecular complexity index is 500. The second-order valence-electron chi connectivity index (χ2n) is 5.88. The van der Waals surface area contributed by atoms with E-state index in [9.17, 15) is 4.39 Å². The molecule has 1 fully saturated rings. The molecule has 3 N–H and O–H groups in total. The number of rotatable bonds is 6. The highest BCUT2D eigenvalue weighted by Crippen LogP contribution is 2.50. The van der Waals surface area contributed by atoms with E-state index in [4.69, 9.17) is 10.9 Å². The van der Waals surface area contributed by atoms with E-state index in [1.54, 1.807) is 6.07 Å². The lowest BCUT2D eigenvalue weighted by atomic mass is 9.99. The molecular weight excluding hydrogens is 257 g/mol. The molecule has 0 heterocycles. The second-order valence-corrected chi connectivity index (χ2v) is 5.88. The van der Waals surface area contributed by atoms with E-state index in [0.717, 1.165) is 19.4 Å². The average Bonchev–Trinajstić information content (AvgIpc) is 3.17. The lowest BCUT2D eigenvalue weighted by Gasteiger charge is -2.29. The van der Waals surface area contributed by atoms with Gasteiger partial charge in [0.2, 0.25) is 0 Å². The van der Waals surface area contributed by atoms with Crippen molar-refractivity contribution in [2.45, 2.75) is 32.2 Å². The summed E-state index contributed by atoms with van der Waals surface area (Å²) in [5, 5.41) is 11.7. The zero-order chi connectivity index (χ0) is 14.8. The molecule has 0 bridgehead atoms. The van der Waals surface area contributed by atoms with Gasteiger partial charge in [0.1, 0.15) is 11.7 Å². The van der Waals surface area contributed by atoms with Crippen LogP contribution in [0.5, 0.6) is 0 Å². The minimum absolute atomic E-state index is 0.000893. The largest absolute Gasteiger partial charge is 0.409 e. The summed E-state index contributed by atoms with van der Waals surface area (Å²) in [6.07, 6.45) is 2.73. The van der Waals surface area contributed by atoms with Crippen LogP contribution in [0.25, 0.3) is 0 Å². The van der Waals surface area contributed by atoms with Crippen LogP contribution in [0.3, 0.4) is 0 Å². The molecule has 1 unspecified atom stereocenters. The van der Waals surface area contributed by atoms with Gasteiger partial charge in [-0.15, -0.1) is 0 Å². The van der Waals surface area contributed by atoms with Crippen molar-refractivity contribution >= 4 is 5.84 Å². The number of nitrogens with zero attached hydrogens (tertiary/aromatic N) is 2. The number of oxime groups is 1. The van der Waals surface area contributed by atoms with Crippen molar-refractivity contribution in [3.05, 3.63) is 35.6 Å². The fourth-order valence-corrected chi connectivity index (χ4v) is 2.70. The van der Waals surface area contributed by atoms with Crippen molar-refractivity contribution in [3.63, 3.8) is 0 Å². The van der Waals surface area contributed by atoms with Crippen LogP contribution >= 0.6 is 0 Å². The number of halogens is 1. The van der Waals surface area contributed by atoms with Gasteiger partial charge in [-0.2, -0.15) is 0 Å². The Labute approximate surface area is 119 Å². The molecular formula is C15H22FN3O. The number of hydrogen-bond donors (Lipinski definition) is 2. The second kappa shape index (κ2) is 5.79. The number of nitrogens with two attached hydrogens (primary N) is 1. The topological polar surface area (TPSA) is 61.8 Å². The predicted octanol–water partition coefficient (Wildman–Crippen LogP) is 2.74. The summed E-state index contributed by atoms with van der Waals surface area (Å²) in [7, 11) is 1.99. The molecule has 110 valence electrons. The molecule has 0 aliphatic heterocycles. The van der Waals surface area contributed by atoms with Gasteiger partial charge in [0.25, 0.3) is 0 Å². The maximum absolute atomic E-state index is 13.8. The molecule has 1 aliphatic rings. The van der Waals surface area contributed by atoms with Gasteiger partial charge in [0.05, 0.1) is 0 Å². The van der Waals surface area contributed by atoms with Crippen molar-refractivity contribution in [2.75, 3.05) is 13.6 Å². The van der Waals surface area contributed by atoms with E-state index >= 15 is 0 Å². The molecule has 0 aromatic heterocycles. The molecule has 0 radical (unpaired) electrons. The van der Waals surface area contributed by atoms with Gasteiger partial charge in [0.15, 0.2) is 0 Å². The average molecular weight is 279 g/mol. The molecule has 5 heteroatoms. The van der Waals surface area contributed by atoms with E-state index in [0.29, 0.717) is 12.0 Å². The molecule has 1 atom stereocenters. The minimum atomic E-state index is -0.173. The van der Waals surface area contributed by atoms with Crippen LogP contribution in [0, 0.1) is 11.2 Å². The van der Waals surface area contributed by atoms with E-state index < -0.39 is 0 Å². The van der Waals surface area contributed by atoms with Crippen molar-refractivity contribution < 1.29 is 9.60 Å². The van der Waals surface area contributed by atoms with Crippen LogP contribution in [0.1, 0.15) is 37.8 Å². The van der Waals surface area contributed by atoms with Crippen molar-refractivity contribution in [3.8, 4) is 0 Å². The standard InChI is InChI=1S/C15H22FN3O/c1-11(12-5-3-4-6-13(12)16)19(2)10-15(7-8-15)9-14(17)18-20/h3-6,11,20H,7-10H2,1-2H3,(H2,17,18). The van der Waals surface area contributed by atoms with E-state index in [2.05, 4.69) is 10.1 Å². The Morgan fingerprint density at radius 3 is 2.70 bits per heavy atom. The third-order valence-electron chi connectivity index (χ3n) is 4.24. The lowest BCUT2D eigenvalue weighted by Crippen LogP contribution is -2.32.